The molecule has 2 atom stereocenters. The van der Waals surface area contributed by atoms with Crippen molar-refractivity contribution in [3.05, 3.63) is 21.4 Å². The van der Waals surface area contributed by atoms with Crippen molar-refractivity contribution in [1.82, 2.24) is 10.6 Å². The van der Waals surface area contributed by atoms with E-state index in [0.29, 0.717) is 0 Å². The van der Waals surface area contributed by atoms with Crippen LogP contribution in [0.4, 0.5) is 0 Å². The van der Waals surface area contributed by atoms with E-state index in [2.05, 4.69) is 22.9 Å². The molecule has 1 fully saturated rings. The Morgan fingerprint density at radius 1 is 1.50 bits per heavy atom. The second-order valence-electron chi connectivity index (χ2n) is 6.30. The Morgan fingerprint density at radius 2 is 2.40 bits per heavy atom. The fourth-order valence-electron chi connectivity index (χ4n) is 3.31. The van der Waals surface area contributed by atoms with Gasteiger partial charge in [-0.25, -0.2) is 0 Å². The molecule has 0 saturated carbocycles. The Morgan fingerprint density at radius 3 is 3.20 bits per heavy atom. The van der Waals surface area contributed by atoms with E-state index in [0.717, 1.165) is 56.3 Å². The first-order valence-corrected chi connectivity index (χ1v) is 8.70. The summed E-state index contributed by atoms with van der Waals surface area (Å²) in [7, 11) is 0. The number of hydrogen-bond donors (Lipinski definition) is 2. The lowest BCUT2D eigenvalue weighted by Crippen LogP contribution is -2.27. The number of fused-ring (bicyclic) bond motifs is 1. The average molecular weight is 292 g/mol. The van der Waals surface area contributed by atoms with Gasteiger partial charge in [-0.3, -0.25) is 4.79 Å². The molecule has 1 saturated heterocycles. The number of hydrogen-bond acceptors (Lipinski definition) is 3. The highest BCUT2D eigenvalue weighted by Crippen LogP contribution is 2.32. The Balaban J connectivity index is 1.54. The quantitative estimate of drug-likeness (QED) is 0.895. The molecule has 110 valence electrons. The minimum atomic E-state index is 0.142. The highest BCUT2D eigenvalue weighted by atomic mass is 32.1. The van der Waals surface area contributed by atoms with Gasteiger partial charge < -0.3 is 10.6 Å². The topological polar surface area (TPSA) is 41.1 Å². The van der Waals surface area contributed by atoms with Crippen molar-refractivity contribution in [2.24, 2.45) is 11.8 Å². The minimum absolute atomic E-state index is 0.142. The zero-order valence-electron chi connectivity index (χ0n) is 12.2. The van der Waals surface area contributed by atoms with Crippen LogP contribution in [-0.2, 0) is 12.8 Å². The number of amides is 1. The van der Waals surface area contributed by atoms with Crippen molar-refractivity contribution in [2.45, 2.75) is 39.0 Å². The van der Waals surface area contributed by atoms with Crippen LogP contribution in [0.1, 0.15) is 47.0 Å². The van der Waals surface area contributed by atoms with Gasteiger partial charge in [-0.2, -0.15) is 0 Å². The summed E-state index contributed by atoms with van der Waals surface area (Å²) in [5.74, 6) is 1.66. The largest absolute Gasteiger partial charge is 0.352 e. The molecule has 0 aromatic carbocycles. The third-order valence-electron chi connectivity index (χ3n) is 4.65. The van der Waals surface area contributed by atoms with Crippen molar-refractivity contribution < 1.29 is 4.79 Å². The molecule has 1 aromatic rings. The maximum atomic E-state index is 12.3. The summed E-state index contributed by atoms with van der Waals surface area (Å²) in [5, 5.41) is 8.55. The SMILES string of the molecule is CC1CCc2c(C(=O)NCCC3CCNC3)csc2C1. The van der Waals surface area contributed by atoms with E-state index in [-0.39, 0.29) is 5.91 Å². The number of rotatable bonds is 4. The molecule has 1 aliphatic carbocycles. The van der Waals surface area contributed by atoms with Crippen LogP contribution in [0.5, 0.6) is 0 Å². The normalized spacial score (nSPS) is 25.4. The Hall–Kier alpha value is -0.870. The summed E-state index contributed by atoms with van der Waals surface area (Å²) < 4.78 is 0. The smallest absolute Gasteiger partial charge is 0.252 e. The van der Waals surface area contributed by atoms with E-state index in [1.54, 1.807) is 11.3 Å². The maximum absolute atomic E-state index is 12.3. The number of carbonyl (C=O) groups is 1. The first kappa shape index (κ1) is 14.1. The highest BCUT2D eigenvalue weighted by Gasteiger charge is 2.23. The molecular formula is C16H24N2OS. The van der Waals surface area contributed by atoms with Gasteiger partial charge in [0.1, 0.15) is 0 Å². The van der Waals surface area contributed by atoms with E-state index in [4.69, 9.17) is 0 Å². The minimum Gasteiger partial charge on any atom is -0.352 e. The lowest BCUT2D eigenvalue weighted by atomic mass is 9.88. The van der Waals surface area contributed by atoms with Gasteiger partial charge in [0.15, 0.2) is 0 Å². The molecular weight excluding hydrogens is 268 g/mol. The zero-order chi connectivity index (χ0) is 13.9. The maximum Gasteiger partial charge on any atom is 0.252 e. The van der Waals surface area contributed by atoms with Gasteiger partial charge in [-0.05, 0) is 62.6 Å². The second-order valence-corrected chi connectivity index (χ2v) is 7.27. The molecule has 2 heterocycles. The predicted octanol–water partition coefficient (Wildman–Crippen LogP) is 2.60. The first-order chi connectivity index (χ1) is 9.74. The standard InChI is InChI=1S/C16H24N2OS/c1-11-2-3-13-14(10-20-15(13)8-11)16(19)18-7-5-12-4-6-17-9-12/h10-12,17H,2-9H2,1H3,(H,18,19). The predicted molar refractivity (Wildman–Crippen MR) is 83.4 cm³/mol. The Labute approximate surface area is 125 Å². The van der Waals surface area contributed by atoms with Crippen LogP contribution in [0.25, 0.3) is 0 Å². The Kier molecular flexibility index (Phi) is 4.41. The van der Waals surface area contributed by atoms with E-state index >= 15 is 0 Å². The third-order valence-corrected chi connectivity index (χ3v) is 5.70. The van der Waals surface area contributed by atoms with Crippen LogP contribution >= 0.6 is 11.3 Å². The molecule has 0 radical (unpaired) electrons. The summed E-state index contributed by atoms with van der Waals surface area (Å²) in [5.41, 5.74) is 2.27. The lowest BCUT2D eigenvalue weighted by Gasteiger charge is -2.19. The average Bonchev–Trinajstić information content (AvgIpc) is 3.07. The van der Waals surface area contributed by atoms with E-state index < -0.39 is 0 Å². The van der Waals surface area contributed by atoms with Crippen LogP contribution in [-0.4, -0.2) is 25.5 Å². The van der Waals surface area contributed by atoms with Gasteiger partial charge in [0.2, 0.25) is 0 Å². The molecule has 3 rings (SSSR count). The summed E-state index contributed by atoms with van der Waals surface area (Å²) in [6, 6.07) is 0. The fourth-order valence-corrected chi connectivity index (χ4v) is 4.56. The van der Waals surface area contributed by atoms with E-state index in [1.165, 1.54) is 23.3 Å². The zero-order valence-corrected chi connectivity index (χ0v) is 13.0. The van der Waals surface area contributed by atoms with Gasteiger partial charge in [0.25, 0.3) is 5.91 Å². The third kappa shape index (κ3) is 3.07. The van der Waals surface area contributed by atoms with Crippen molar-refractivity contribution >= 4 is 17.2 Å². The monoisotopic (exact) mass is 292 g/mol. The van der Waals surface area contributed by atoms with Gasteiger partial charge in [-0.1, -0.05) is 6.92 Å². The summed E-state index contributed by atoms with van der Waals surface area (Å²) in [6.45, 7) is 5.36. The van der Waals surface area contributed by atoms with Crippen LogP contribution in [0, 0.1) is 11.8 Å². The molecule has 3 nitrogen and oxygen atoms in total. The number of thiophene rings is 1. The van der Waals surface area contributed by atoms with Crippen LogP contribution in [0.3, 0.4) is 0 Å². The molecule has 0 bridgehead atoms. The van der Waals surface area contributed by atoms with Crippen molar-refractivity contribution in [3.8, 4) is 0 Å². The number of carbonyl (C=O) groups excluding carboxylic acids is 1. The van der Waals surface area contributed by atoms with Crippen LogP contribution < -0.4 is 10.6 Å². The molecule has 2 aliphatic rings. The molecule has 2 unspecified atom stereocenters. The van der Waals surface area contributed by atoms with Gasteiger partial charge in [0, 0.05) is 16.8 Å². The highest BCUT2D eigenvalue weighted by molar-refractivity contribution is 7.10. The van der Waals surface area contributed by atoms with Crippen molar-refractivity contribution in [2.75, 3.05) is 19.6 Å². The van der Waals surface area contributed by atoms with Gasteiger partial charge in [0.05, 0.1) is 5.56 Å². The molecule has 4 heteroatoms. The molecule has 20 heavy (non-hydrogen) atoms. The van der Waals surface area contributed by atoms with E-state index in [9.17, 15) is 4.79 Å². The first-order valence-electron chi connectivity index (χ1n) is 7.82. The fraction of sp³-hybridized carbons (Fsp3) is 0.688. The summed E-state index contributed by atoms with van der Waals surface area (Å²) in [6.07, 6.45) is 5.80. The molecule has 1 aliphatic heterocycles. The van der Waals surface area contributed by atoms with Crippen LogP contribution in [0.2, 0.25) is 0 Å². The van der Waals surface area contributed by atoms with Crippen LogP contribution in [0.15, 0.2) is 5.38 Å². The summed E-state index contributed by atoms with van der Waals surface area (Å²) in [4.78, 5) is 13.8. The molecule has 2 N–H and O–H groups in total. The van der Waals surface area contributed by atoms with Crippen molar-refractivity contribution in [3.63, 3.8) is 0 Å². The number of nitrogens with one attached hydrogen (secondary N) is 2. The van der Waals surface area contributed by atoms with Gasteiger partial charge in [-0.15, -0.1) is 11.3 Å². The molecule has 1 aromatic heterocycles. The molecule has 1 amide bonds. The van der Waals surface area contributed by atoms with Gasteiger partial charge >= 0.3 is 0 Å². The molecule has 0 spiro atoms. The lowest BCUT2D eigenvalue weighted by molar-refractivity contribution is 0.0951. The second kappa shape index (κ2) is 6.27. The van der Waals surface area contributed by atoms with E-state index in [1.807, 2.05) is 0 Å². The summed E-state index contributed by atoms with van der Waals surface area (Å²) >= 11 is 1.77. The Bertz CT molecular complexity index is 477. The van der Waals surface area contributed by atoms with Crippen molar-refractivity contribution in [1.29, 1.82) is 0 Å².